The second-order valence-corrected chi connectivity index (χ2v) is 6.80. The lowest BCUT2D eigenvalue weighted by Gasteiger charge is -2.07. The van der Waals surface area contributed by atoms with Crippen molar-refractivity contribution in [2.75, 3.05) is 11.5 Å². The number of benzene rings is 1. The molecule has 0 aliphatic carbocycles. The van der Waals surface area contributed by atoms with E-state index in [1.807, 2.05) is 24.3 Å². The SMILES string of the molecule is O=S1(=O)CCC(c2ccc(Br)cc2)C1. The van der Waals surface area contributed by atoms with Gasteiger partial charge >= 0.3 is 0 Å². The van der Waals surface area contributed by atoms with Crippen molar-refractivity contribution < 1.29 is 8.42 Å². The Morgan fingerprint density at radius 1 is 1.21 bits per heavy atom. The van der Waals surface area contributed by atoms with Gasteiger partial charge in [-0.1, -0.05) is 28.1 Å². The molecule has 0 spiro atoms. The summed E-state index contributed by atoms with van der Waals surface area (Å²) in [4.78, 5) is 0. The molecular weight excluding hydrogens is 264 g/mol. The van der Waals surface area contributed by atoms with Crippen LogP contribution in [0.3, 0.4) is 0 Å². The van der Waals surface area contributed by atoms with Crippen molar-refractivity contribution in [1.29, 1.82) is 0 Å². The molecule has 0 saturated carbocycles. The van der Waals surface area contributed by atoms with Crippen LogP contribution in [0.1, 0.15) is 17.9 Å². The topological polar surface area (TPSA) is 34.1 Å². The van der Waals surface area contributed by atoms with Gasteiger partial charge in [-0.2, -0.15) is 0 Å². The largest absolute Gasteiger partial charge is 0.229 e. The average Bonchev–Trinajstić information content (AvgIpc) is 2.47. The van der Waals surface area contributed by atoms with Gasteiger partial charge in [0.15, 0.2) is 9.84 Å². The first-order valence-electron chi connectivity index (χ1n) is 4.53. The highest BCUT2D eigenvalue weighted by atomic mass is 79.9. The summed E-state index contributed by atoms with van der Waals surface area (Å²) in [6.45, 7) is 0. The van der Waals surface area contributed by atoms with Gasteiger partial charge in [-0.15, -0.1) is 0 Å². The third-order valence-corrected chi connectivity index (χ3v) is 4.87. The standard InChI is InChI=1S/C10H11BrO2S/c11-10-3-1-8(2-4-10)9-5-6-14(12,13)7-9/h1-4,9H,5-7H2. The molecule has 1 atom stereocenters. The van der Waals surface area contributed by atoms with Crippen molar-refractivity contribution in [3.05, 3.63) is 34.3 Å². The van der Waals surface area contributed by atoms with Gasteiger partial charge in [0, 0.05) is 4.47 Å². The monoisotopic (exact) mass is 274 g/mol. The van der Waals surface area contributed by atoms with Crippen LogP contribution >= 0.6 is 15.9 Å². The van der Waals surface area contributed by atoms with Gasteiger partial charge in [0.25, 0.3) is 0 Å². The molecule has 1 heterocycles. The van der Waals surface area contributed by atoms with Crippen LogP contribution < -0.4 is 0 Å². The van der Waals surface area contributed by atoms with Gasteiger partial charge in [-0.3, -0.25) is 0 Å². The van der Waals surface area contributed by atoms with E-state index in [1.165, 1.54) is 0 Å². The molecule has 0 radical (unpaired) electrons. The Morgan fingerprint density at radius 2 is 1.86 bits per heavy atom. The maximum atomic E-state index is 11.3. The van der Waals surface area contributed by atoms with Crippen LogP contribution in [-0.2, 0) is 9.84 Å². The van der Waals surface area contributed by atoms with Crippen LogP contribution in [0.25, 0.3) is 0 Å². The van der Waals surface area contributed by atoms with Crippen molar-refractivity contribution in [1.82, 2.24) is 0 Å². The molecule has 1 aliphatic rings. The lowest BCUT2D eigenvalue weighted by Crippen LogP contribution is -2.03. The lowest BCUT2D eigenvalue weighted by molar-refractivity contribution is 0.601. The Kier molecular flexibility index (Phi) is 2.66. The maximum Gasteiger partial charge on any atom is 0.150 e. The predicted molar refractivity (Wildman–Crippen MR) is 60.2 cm³/mol. The summed E-state index contributed by atoms with van der Waals surface area (Å²) in [6, 6.07) is 7.91. The van der Waals surface area contributed by atoms with E-state index in [-0.39, 0.29) is 5.92 Å². The lowest BCUT2D eigenvalue weighted by atomic mass is 9.99. The maximum absolute atomic E-state index is 11.3. The third-order valence-electron chi connectivity index (χ3n) is 2.57. The molecule has 0 aromatic heterocycles. The first-order valence-corrected chi connectivity index (χ1v) is 7.14. The summed E-state index contributed by atoms with van der Waals surface area (Å²) < 4.78 is 23.6. The first kappa shape index (κ1) is 10.2. The molecule has 1 unspecified atom stereocenters. The normalized spacial score (nSPS) is 25.1. The number of rotatable bonds is 1. The van der Waals surface area contributed by atoms with Gasteiger partial charge in [-0.25, -0.2) is 8.42 Å². The van der Waals surface area contributed by atoms with Crippen molar-refractivity contribution in [3.8, 4) is 0 Å². The van der Waals surface area contributed by atoms with Gasteiger partial charge in [0.1, 0.15) is 0 Å². The Hall–Kier alpha value is -0.350. The molecule has 0 N–H and O–H groups in total. The van der Waals surface area contributed by atoms with Crippen molar-refractivity contribution >= 4 is 25.8 Å². The Labute approximate surface area is 92.4 Å². The minimum atomic E-state index is -2.77. The smallest absolute Gasteiger partial charge is 0.150 e. The summed E-state index contributed by atoms with van der Waals surface area (Å²) in [6.07, 6.45) is 0.768. The fourth-order valence-corrected chi connectivity index (χ4v) is 3.84. The van der Waals surface area contributed by atoms with Crippen LogP contribution in [0.2, 0.25) is 0 Å². The highest BCUT2D eigenvalue weighted by Crippen LogP contribution is 2.29. The fraction of sp³-hybridized carbons (Fsp3) is 0.400. The highest BCUT2D eigenvalue weighted by molar-refractivity contribution is 9.10. The second kappa shape index (κ2) is 3.66. The third kappa shape index (κ3) is 2.17. The van der Waals surface area contributed by atoms with E-state index in [1.54, 1.807) is 0 Å². The Bertz CT molecular complexity index is 422. The van der Waals surface area contributed by atoms with E-state index in [0.717, 1.165) is 16.5 Å². The zero-order valence-electron chi connectivity index (χ0n) is 7.61. The minimum Gasteiger partial charge on any atom is -0.229 e. The first-order chi connectivity index (χ1) is 6.57. The highest BCUT2D eigenvalue weighted by Gasteiger charge is 2.28. The van der Waals surface area contributed by atoms with Crippen LogP contribution in [0.4, 0.5) is 0 Å². The average molecular weight is 275 g/mol. The minimum absolute atomic E-state index is 0.202. The molecule has 1 aromatic carbocycles. The van der Waals surface area contributed by atoms with Gasteiger partial charge in [0.05, 0.1) is 11.5 Å². The van der Waals surface area contributed by atoms with Crippen LogP contribution in [0.5, 0.6) is 0 Å². The van der Waals surface area contributed by atoms with Gasteiger partial charge < -0.3 is 0 Å². The molecule has 76 valence electrons. The summed E-state index contributed by atoms with van der Waals surface area (Å²) in [5.74, 6) is 0.857. The van der Waals surface area contributed by atoms with Crippen molar-refractivity contribution in [2.24, 2.45) is 0 Å². The van der Waals surface area contributed by atoms with Crippen molar-refractivity contribution in [2.45, 2.75) is 12.3 Å². The van der Waals surface area contributed by atoms with Crippen molar-refractivity contribution in [3.63, 3.8) is 0 Å². The van der Waals surface area contributed by atoms with E-state index in [0.29, 0.717) is 11.5 Å². The molecule has 1 fully saturated rings. The number of hydrogen-bond acceptors (Lipinski definition) is 2. The Morgan fingerprint density at radius 3 is 2.36 bits per heavy atom. The molecule has 2 nitrogen and oxygen atoms in total. The van der Waals surface area contributed by atoms with E-state index < -0.39 is 9.84 Å². The number of hydrogen-bond donors (Lipinski definition) is 0. The van der Waals surface area contributed by atoms with Crippen LogP contribution in [0, 0.1) is 0 Å². The van der Waals surface area contributed by atoms with E-state index in [2.05, 4.69) is 15.9 Å². The molecule has 2 rings (SSSR count). The summed E-state index contributed by atoms with van der Waals surface area (Å²) in [7, 11) is -2.77. The molecular formula is C10H11BrO2S. The van der Waals surface area contributed by atoms with Crippen LogP contribution in [0.15, 0.2) is 28.7 Å². The molecule has 1 saturated heterocycles. The second-order valence-electron chi connectivity index (χ2n) is 3.65. The van der Waals surface area contributed by atoms with Gasteiger partial charge in [0.2, 0.25) is 0 Å². The number of sulfone groups is 1. The summed E-state index contributed by atoms with van der Waals surface area (Å²) in [5, 5.41) is 0. The van der Waals surface area contributed by atoms with E-state index in [9.17, 15) is 8.42 Å². The number of halogens is 1. The van der Waals surface area contributed by atoms with E-state index >= 15 is 0 Å². The molecule has 4 heteroatoms. The zero-order chi connectivity index (χ0) is 10.2. The molecule has 0 bridgehead atoms. The Balaban J connectivity index is 2.22. The van der Waals surface area contributed by atoms with Crippen LogP contribution in [-0.4, -0.2) is 19.9 Å². The molecule has 1 aromatic rings. The molecule has 1 aliphatic heterocycles. The van der Waals surface area contributed by atoms with E-state index in [4.69, 9.17) is 0 Å². The summed E-state index contributed by atoms with van der Waals surface area (Å²) >= 11 is 3.36. The van der Waals surface area contributed by atoms with Gasteiger partial charge in [-0.05, 0) is 30.0 Å². The molecule has 0 amide bonds. The zero-order valence-corrected chi connectivity index (χ0v) is 10.0. The predicted octanol–water partition coefficient (Wildman–Crippen LogP) is 2.35. The fourth-order valence-electron chi connectivity index (χ4n) is 1.79. The summed E-state index contributed by atoms with van der Waals surface area (Å²) in [5.41, 5.74) is 1.13. The quantitative estimate of drug-likeness (QED) is 0.788. The molecule has 14 heavy (non-hydrogen) atoms.